The van der Waals surface area contributed by atoms with Crippen molar-refractivity contribution in [1.29, 1.82) is 0 Å². The van der Waals surface area contributed by atoms with Gasteiger partial charge >= 0.3 is 0 Å². The number of benzene rings is 1. The Morgan fingerprint density at radius 2 is 1.95 bits per heavy atom. The predicted octanol–water partition coefficient (Wildman–Crippen LogP) is 2.52. The molecular formula is C16H19N3. The van der Waals surface area contributed by atoms with Crippen molar-refractivity contribution < 1.29 is 0 Å². The average Bonchev–Trinajstić information content (AvgIpc) is 2.94. The van der Waals surface area contributed by atoms with Crippen LogP contribution < -0.4 is 4.90 Å². The number of hydrogen-bond donors (Lipinski definition) is 0. The van der Waals surface area contributed by atoms with Crippen molar-refractivity contribution >= 4 is 16.7 Å². The van der Waals surface area contributed by atoms with Gasteiger partial charge in [-0.25, -0.2) is 4.98 Å². The highest BCUT2D eigenvalue weighted by Crippen LogP contribution is 2.25. The first-order valence-corrected chi connectivity index (χ1v) is 7.25. The van der Waals surface area contributed by atoms with Crippen LogP contribution in [-0.4, -0.2) is 42.1 Å². The van der Waals surface area contributed by atoms with Gasteiger partial charge < -0.3 is 4.90 Å². The van der Waals surface area contributed by atoms with Crippen LogP contribution >= 0.6 is 0 Å². The average molecular weight is 253 g/mol. The topological polar surface area (TPSA) is 19.4 Å². The number of pyridine rings is 1. The molecule has 0 amide bonds. The van der Waals surface area contributed by atoms with Crippen molar-refractivity contribution in [2.24, 2.45) is 0 Å². The summed E-state index contributed by atoms with van der Waals surface area (Å²) in [5, 5.41) is 1.23. The third kappa shape index (κ3) is 1.98. The van der Waals surface area contributed by atoms with E-state index in [2.05, 4.69) is 46.2 Å². The summed E-state index contributed by atoms with van der Waals surface area (Å²) < 4.78 is 0. The quantitative estimate of drug-likeness (QED) is 0.778. The van der Waals surface area contributed by atoms with Crippen LogP contribution in [0, 0.1) is 0 Å². The summed E-state index contributed by atoms with van der Waals surface area (Å²) in [6.45, 7) is 4.75. The minimum atomic E-state index is 0.752. The molecule has 0 N–H and O–H groups in total. The van der Waals surface area contributed by atoms with Crippen molar-refractivity contribution in [2.45, 2.75) is 18.9 Å². The number of nitrogens with zero attached hydrogens (tertiary/aromatic N) is 3. The second kappa shape index (κ2) is 4.49. The molecule has 2 fully saturated rings. The summed E-state index contributed by atoms with van der Waals surface area (Å²) in [6.07, 6.45) is 2.72. The van der Waals surface area contributed by atoms with Gasteiger partial charge in [-0.3, -0.25) is 4.90 Å². The third-order valence-corrected chi connectivity index (χ3v) is 4.50. The highest BCUT2D eigenvalue weighted by Gasteiger charge is 2.30. The van der Waals surface area contributed by atoms with Gasteiger partial charge in [-0.1, -0.05) is 18.2 Å². The van der Waals surface area contributed by atoms with Gasteiger partial charge in [0.25, 0.3) is 0 Å². The number of anilines is 1. The van der Waals surface area contributed by atoms with E-state index in [1.807, 2.05) is 0 Å². The van der Waals surface area contributed by atoms with Gasteiger partial charge in [-0.05, 0) is 37.6 Å². The minimum Gasteiger partial charge on any atom is -0.354 e. The van der Waals surface area contributed by atoms with Crippen LogP contribution in [0.3, 0.4) is 0 Å². The summed E-state index contributed by atoms with van der Waals surface area (Å²) in [6, 6.07) is 13.5. The molecule has 0 aliphatic carbocycles. The molecule has 3 nitrogen and oxygen atoms in total. The normalized spacial score (nSPS) is 23.8. The second-order valence-corrected chi connectivity index (χ2v) is 5.64. The van der Waals surface area contributed by atoms with Gasteiger partial charge in [-0.15, -0.1) is 0 Å². The van der Waals surface area contributed by atoms with Crippen molar-refractivity contribution in [3.63, 3.8) is 0 Å². The molecule has 0 bridgehead atoms. The highest BCUT2D eigenvalue weighted by molar-refractivity contribution is 5.80. The van der Waals surface area contributed by atoms with E-state index < -0.39 is 0 Å². The molecule has 19 heavy (non-hydrogen) atoms. The number of para-hydroxylation sites is 1. The summed E-state index contributed by atoms with van der Waals surface area (Å²) in [7, 11) is 0. The van der Waals surface area contributed by atoms with E-state index in [0.717, 1.165) is 30.5 Å². The van der Waals surface area contributed by atoms with Crippen LogP contribution in [-0.2, 0) is 0 Å². The van der Waals surface area contributed by atoms with E-state index in [-0.39, 0.29) is 0 Å². The predicted molar refractivity (Wildman–Crippen MR) is 78.6 cm³/mol. The second-order valence-electron chi connectivity index (χ2n) is 5.64. The lowest BCUT2D eigenvalue weighted by Crippen LogP contribution is -2.50. The summed E-state index contributed by atoms with van der Waals surface area (Å²) in [5.74, 6) is 1.14. The maximum Gasteiger partial charge on any atom is 0.129 e. The standard InChI is InChI=1S/C16H19N3/c1-2-6-15-13(4-1)7-8-16(17-15)19-11-10-18-9-3-5-14(18)12-19/h1-2,4,6-8,14H,3,5,9-12H2. The van der Waals surface area contributed by atoms with Crippen molar-refractivity contribution in [3.8, 4) is 0 Å². The Morgan fingerprint density at radius 3 is 2.95 bits per heavy atom. The minimum absolute atomic E-state index is 0.752. The van der Waals surface area contributed by atoms with Crippen molar-refractivity contribution in [1.82, 2.24) is 9.88 Å². The molecule has 0 radical (unpaired) electrons. The number of piperazine rings is 1. The molecule has 0 spiro atoms. The first-order chi connectivity index (χ1) is 9.40. The number of fused-ring (bicyclic) bond motifs is 2. The molecule has 0 saturated carbocycles. The van der Waals surface area contributed by atoms with Gasteiger partial charge in [0, 0.05) is 31.1 Å². The van der Waals surface area contributed by atoms with Gasteiger partial charge in [-0.2, -0.15) is 0 Å². The van der Waals surface area contributed by atoms with Crippen LogP contribution in [0.15, 0.2) is 36.4 Å². The highest BCUT2D eigenvalue weighted by atomic mass is 15.3. The fourth-order valence-electron chi connectivity index (χ4n) is 3.43. The van der Waals surface area contributed by atoms with Crippen LogP contribution in [0.2, 0.25) is 0 Å². The number of aromatic nitrogens is 1. The molecule has 2 saturated heterocycles. The zero-order chi connectivity index (χ0) is 12.7. The van der Waals surface area contributed by atoms with E-state index >= 15 is 0 Å². The zero-order valence-electron chi connectivity index (χ0n) is 11.1. The lowest BCUT2D eigenvalue weighted by molar-refractivity contribution is 0.230. The molecule has 2 aromatic rings. The van der Waals surface area contributed by atoms with Gasteiger partial charge in [0.15, 0.2) is 0 Å². The van der Waals surface area contributed by atoms with Gasteiger partial charge in [0.2, 0.25) is 0 Å². The molecule has 2 aliphatic heterocycles. The van der Waals surface area contributed by atoms with E-state index in [0.29, 0.717) is 0 Å². The molecule has 3 heteroatoms. The summed E-state index contributed by atoms with van der Waals surface area (Å²) in [5.41, 5.74) is 1.11. The Balaban J connectivity index is 1.63. The molecular weight excluding hydrogens is 234 g/mol. The van der Waals surface area contributed by atoms with Crippen molar-refractivity contribution in [3.05, 3.63) is 36.4 Å². The monoisotopic (exact) mass is 253 g/mol. The van der Waals surface area contributed by atoms with Gasteiger partial charge in [0.05, 0.1) is 5.52 Å². The zero-order valence-corrected chi connectivity index (χ0v) is 11.1. The third-order valence-electron chi connectivity index (χ3n) is 4.50. The summed E-state index contributed by atoms with van der Waals surface area (Å²) in [4.78, 5) is 9.91. The number of rotatable bonds is 1. The largest absolute Gasteiger partial charge is 0.354 e. The van der Waals surface area contributed by atoms with E-state index in [1.54, 1.807) is 0 Å². The summed E-state index contributed by atoms with van der Waals surface area (Å²) >= 11 is 0. The molecule has 2 aliphatic rings. The Morgan fingerprint density at radius 1 is 1.00 bits per heavy atom. The SMILES string of the molecule is c1ccc2nc(N3CCN4CCCC4C3)ccc2c1. The Bertz CT molecular complexity index is 595. The molecule has 1 atom stereocenters. The molecule has 1 aromatic carbocycles. The molecule has 4 rings (SSSR count). The van der Waals surface area contributed by atoms with Crippen LogP contribution in [0.4, 0.5) is 5.82 Å². The molecule has 98 valence electrons. The van der Waals surface area contributed by atoms with Crippen molar-refractivity contribution in [2.75, 3.05) is 31.1 Å². The van der Waals surface area contributed by atoms with Gasteiger partial charge in [0.1, 0.15) is 5.82 Å². The molecule has 3 heterocycles. The van der Waals surface area contributed by atoms with Crippen LogP contribution in [0.5, 0.6) is 0 Å². The fraction of sp³-hybridized carbons (Fsp3) is 0.438. The molecule has 1 unspecified atom stereocenters. The first-order valence-electron chi connectivity index (χ1n) is 7.25. The number of hydrogen-bond acceptors (Lipinski definition) is 3. The van der Waals surface area contributed by atoms with E-state index in [9.17, 15) is 0 Å². The Labute approximate surface area is 113 Å². The van der Waals surface area contributed by atoms with Crippen LogP contribution in [0.1, 0.15) is 12.8 Å². The van der Waals surface area contributed by atoms with E-state index in [4.69, 9.17) is 4.98 Å². The molecule has 1 aromatic heterocycles. The Kier molecular flexibility index (Phi) is 2.66. The fourth-order valence-corrected chi connectivity index (χ4v) is 3.43. The smallest absolute Gasteiger partial charge is 0.129 e. The Hall–Kier alpha value is -1.61. The van der Waals surface area contributed by atoms with E-state index in [1.165, 1.54) is 31.3 Å². The van der Waals surface area contributed by atoms with Crippen LogP contribution in [0.25, 0.3) is 10.9 Å². The maximum atomic E-state index is 4.82. The lowest BCUT2D eigenvalue weighted by atomic mass is 10.1. The lowest BCUT2D eigenvalue weighted by Gasteiger charge is -2.38. The maximum absolute atomic E-state index is 4.82. The first kappa shape index (κ1) is 11.2.